The molecule has 130 valence electrons. The fraction of sp³-hybridized carbons (Fsp3) is 0.350. The summed E-state index contributed by atoms with van der Waals surface area (Å²) in [6, 6.07) is 11.5. The Bertz CT molecular complexity index is 738. The molecule has 1 aliphatic heterocycles. The SMILES string of the molecule is Cc1ccccc1CC(=O)N1CCC(NC(=O)c2ccncc2)CC1. The number of aromatic nitrogens is 1. The average molecular weight is 337 g/mol. The molecular weight excluding hydrogens is 314 g/mol. The normalized spacial score (nSPS) is 15.0. The van der Waals surface area contributed by atoms with Crippen molar-refractivity contribution in [1.82, 2.24) is 15.2 Å². The minimum absolute atomic E-state index is 0.0768. The molecule has 1 aromatic heterocycles. The van der Waals surface area contributed by atoms with Crippen LogP contribution in [0.15, 0.2) is 48.8 Å². The first-order valence-electron chi connectivity index (χ1n) is 8.66. The van der Waals surface area contributed by atoms with Crippen molar-refractivity contribution in [2.24, 2.45) is 0 Å². The van der Waals surface area contributed by atoms with Crippen LogP contribution in [0.2, 0.25) is 0 Å². The number of amides is 2. The molecule has 0 spiro atoms. The first-order chi connectivity index (χ1) is 12.1. The summed E-state index contributed by atoms with van der Waals surface area (Å²) in [5.74, 6) is 0.0836. The van der Waals surface area contributed by atoms with Crippen molar-refractivity contribution < 1.29 is 9.59 Å². The summed E-state index contributed by atoms with van der Waals surface area (Å²) < 4.78 is 0. The van der Waals surface area contributed by atoms with Gasteiger partial charge in [0.2, 0.25) is 5.91 Å². The van der Waals surface area contributed by atoms with Crippen LogP contribution in [0.3, 0.4) is 0 Å². The highest BCUT2D eigenvalue weighted by Crippen LogP contribution is 2.15. The summed E-state index contributed by atoms with van der Waals surface area (Å²) in [6.07, 6.45) is 5.25. The van der Waals surface area contributed by atoms with Gasteiger partial charge < -0.3 is 10.2 Å². The number of hydrogen-bond donors (Lipinski definition) is 1. The molecule has 5 heteroatoms. The first kappa shape index (κ1) is 17.1. The molecular formula is C20H23N3O2. The fourth-order valence-corrected chi connectivity index (χ4v) is 3.13. The number of rotatable bonds is 4. The Labute approximate surface area is 148 Å². The van der Waals surface area contributed by atoms with E-state index in [1.807, 2.05) is 36.1 Å². The van der Waals surface area contributed by atoms with E-state index in [0.717, 1.165) is 24.0 Å². The summed E-state index contributed by atoms with van der Waals surface area (Å²) in [4.78, 5) is 30.5. The molecule has 2 aromatic rings. The maximum atomic E-state index is 12.5. The zero-order chi connectivity index (χ0) is 17.6. The summed E-state index contributed by atoms with van der Waals surface area (Å²) in [6.45, 7) is 3.40. The first-order valence-corrected chi connectivity index (χ1v) is 8.66. The number of benzene rings is 1. The Balaban J connectivity index is 1.49. The number of carbonyl (C=O) groups excluding carboxylic acids is 2. The van der Waals surface area contributed by atoms with Crippen LogP contribution in [0.25, 0.3) is 0 Å². The van der Waals surface area contributed by atoms with Crippen molar-refractivity contribution in [3.8, 4) is 0 Å². The fourth-order valence-electron chi connectivity index (χ4n) is 3.13. The molecule has 2 amide bonds. The van der Waals surface area contributed by atoms with E-state index in [9.17, 15) is 9.59 Å². The predicted octanol–water partition coefficient (Wildman–Crippen LogP) is 2.35. The van der Waals surface area contributed by atoms with E-state index in [-0.39, 0.29) is 17.9 Å². The highest BCUT2D eigenvalue weighted by Gasteiger charge is 2.24. The number of likely N-dealkylation sites (tertiary alicyclic amines) is 1. The maximum absolute atomic E-state index is 12.5. The van der Waals surface area contributed by atoms with Gasteiger partial charge in [-0.05, 0) is 43.0 Å². The second-order valence-electron chi connectivity index (χ2n) is 6.47. The molecule has 0 saturated carbocycles. The summed E-state index contributed by atoms with van der Waals surface area (Å²) in [5, 5.41) is 3.05. The Morgan fingerprint density at radius 1 is 1.12 bits per heavy atom. The lowest BCUT2D eigenvalue weighted by atomic mass is 10.0. The van der Waals surface area contributed by atoms with Gasteiger partial charge in [-0.2, -0.15) is 0 Å². The Kier molecular flexibility index (Phi) is 5.43. The van der Waals surface area contributed by atoms with Crippen molar-refractivity contribution in [3.63, 3.8) is 0 Å². The van der Waals surface area contributed by atoms with Crippen molar-refractivity contribution in [1.29, 1.82) is 0 Å². The molecule has 0 atom stereocenters. The van der Waals surface area contributed by atoms with Gasteiger partial charge in [0.05, 0.1) is 6.42 Å². The highest BCUT2D eigenvalue weighted by molar-refractivity contribution is 5.94. The topological polar surface area (TPSA) is 62.3 Å². The molecule has 25 heavy (non-hydrogen) atoms. The average Bonchev–Trinajstić information content (AvgIpc) is 2.65. The third-order valence-electron chi connectivity index (χ3n) is 4.73. The number of nitrogens with zero attached hydrogens (tertiary/aromatic N) is 2. The standard InChI is InChI=1S/C20H23N3O2/c1-15-4-2-3-5-17(15)14-19(24)23-12-8-18(9-13-23)22-20(25)16-6-10-21-11-7-16/h2-7,10-11,18H,8-9,12-14H2,1H3,(H,22,25). The Morgan fingerprint density at radius 3 is 2.48 bits per heavy atom. The predicted molar refractivity (Wildman–Crippen MR) is 96.2 cm³/mol. The smallest absolute Gasteiger partial charge is 0.251 e. The number of pyridine rings is 1. The van der Waals surface area contributed by atoms with E-state index in [1.165, 1.54) is 0 Å². The van der Waals surface area contributed by atoms with Crippen LogP contribution in [-0.2, 0) is 11.2 Å². The van der Waals surface area contributed by atoms with Gasteiger partial charge in [-0.1, -0.05) is 24.3 Å². The van der Waals surface area contributed by atoms with Crippen LogP contribution in [0.5, 0.6) is 0 Å². The van der Waals surface area contributed by atoms with Crippen molar-refractivity contribution in [2.45, 2.75) is 32.2 Å². The molecule has 1 saturated heterocycles. The maximum Gasteiger partial charge on any atom is 0.251 e. The van der Waals surface area contributed by atoms with E-state index in [2.05, 4.69) is 10.3 Å². The van der Waals surface area contributed by atoms with Gasteiger partial charge in [-0.3, -0.25) is 14.6 Å². The number of piperidine rings is 1. The zero-order valence-electron chi connectivity index (χ0n) is 14.4. The van der Waals surface area contributed by atoms with Crippen molar-refractivity contribution in [3.05, 3.63) is 65.5 Å². The monoisotopic (exact) mass is 337 g/mol. The number of nitrogens with one attached hydrogen (secondary N) is 1. The molecule has 5 nitrogen and oxygen atoms in total. The van der Waals surface area contributed by atoms with Gasteiger partial charge in [-0.25, -0.2) is 0 Å². The van der Waals surface area contributed by atoms with Crippen LogP contribution in [-0.4, -0.2) is 40.8 Å². The lowest BCUT2D eigenvalue weighted by Crippen LogP contribution is -2.47. The van der Waals surface area contributed by atoms with Gasteiger partial charge in [0, 0.05) is 37.1 Å². The van der Waals surface area contributed by atoms with Gasteiger partial charge in [0.15, 0.2) is 0 Å². The summed E-state index contributed by atoms with van der Waals surface area (Å²) in [5.41, 5.74) is 2.85. The molecule has 1 fully saturated rings. The van der Waals surface area contributed by atoms with Crippen LogP contribution < -0.4 is 5.32 Å². The van der Waals surface area contributed by atoms with E-state index in [4.69, 9.17) is 0 Å². The van der Waals surface area contributed by atoms with Gasteiger partial charge >= 0.3 is 0 Å². The molecule has 0 radical (unpaired) electrons. The summed E-state index contributed by atoms with van der Waals surface area (Å²) >= 11 is 0. The molecule has 0 aliphatic carbocycles. The third-order valence-corrected chi connectivity index (χ3v) is 4.73. The second kappa shape index (κ2) is 7.92. The van der Waals surface area contributed by atoms with E-state index < -0.39 is 0 Å². The number of aryl methyl sites for hydroxylation is 1. The van der Waals surface area contributed by atoms with Gasteiger partial charge in [0.25, 0.3) is 5.91 Å². The van der Waals surface area contributed by atoms with Gasteiger partial charge in [0.1, 0.15) is 0 Å². The van der Waals surface area contributed by atoms with E-state index >= 15 is 0 Å². The Hall–Kier alpha value is -2.69. The molecule has 1 aromatic carbocycles. The van der Waals surface area contributed by atoms with Gasteiger partial charge in [-0.15, -0.1) is 0 Å². The minimum Gasteiger partial charge on any atom is -0.349 e. The third kappa shape index (κ3) is 4.44. The van der Waals surface area contributed by atoms with Crippen LogP contribution in [0, 0.1) is 6.92 Å². The minimum atomic E-state index is -0.0768. The molecule has 2 heterocycles. The lowest BCUT2D eigenvalue weighted by Gasteiger charge is -2.32. The molecule has 1 N–H and O–H groups in total. The Morgan fingerprint density at radius 2 is 1.80 bits per heavy atom. The number of carbonyl (C=O) groups is 2. The quantitative estimate of drug-likeness (QED) is 0.931. The molecule has 0 bridgehead atoms. The molecule has 3 rings (SSSR count). The molecule has 1 aliphatic rings. The van der Waals surface area contributed by atoms with Crippen molar-refractivity contribution in [2.75, 3.05) is 13.1 Å². The lowest BCUT2D eigenvalue weighted by molar-refractivity contribution is -0.131. The van der Waals surface area contributed by atoms with Crippen LogP contribution in [0.4, 0.5) is 0 Å². The highest BCUT2D eigenvalue weighted by atomic mass is 16.2. The summed E-state index contributed by atoms with van der Waals surface area (Å²) in [7, 11) is 0. The van der Waals surface area contributed by atoms with Crippen LogP contribution >= 0.6 is 0 Å². The molecule has 0 unspecified atom stereocenters. The van der Waals surface area contributed by atoms with E-state index in [0.29, 0.717) is 25.1 Å². The largest absolute Gasteiger partial charge is 0.349 e. The van der Waals surface area contributed by atoms with Crippen molar-refractivity contribution >= 4 is 11.8 Å². The number of hydrogen-bond acceptors (Lipinski definition) is 3. The zero-order valence-corrected chi connectivity index (χ0v) is 14.4. The second-order valence-corrected chi connectivity index (χ2v) is 6.47. The van der Waals surface area contributed by atoms with E-state index in [1.54, 1.807) is 24.5 Å². The van der Waals surface area contributed by atoms with Crippen LogP contribution in [0.1, 0.15) is 34.3 Å².